The van der Waals surface area contributed by atoms with Crippen molar-refractivity contribution >= 4 is 36.8 Å². The van der Waals surface area contributed by atoms with E-state index in [2.05, 4.69) is 26.0 Å². The summed E-state index contributed by atoms with van der Waals surface area (Å²) >= 11 is 3.37. The van der Waals surface area contributed by atoms with Crippen molar-refractivity contribution in [2.45, 2.75) is 32.1 Å². The molecule has 0 unspecified atom stereocenters. The van der Waals surface area contributed by atoms with Crippen LogP contribution in [0.2, 0.25) is 0 Å². The smallest absolute Gasteiger partial charge is 0.324 e. The molecule has 23 heavy (non-hydrogen) atoms. The Bertz CT molecular complexity index is 820. The van der Waals surface area contributed by atoms with Crippen molar-refractivity contribution in [3.63, 3.8) is 0 Å². The van der Waals surface area contributed by atoms with Crippen LogP contribution in [0.3, 0.4) is 0 Å². The van der Waals surface area contributed by atoms with Gasteiger partial charge in [0.25, 0.3) is 0 Å². The summed E-state index contributed by atoms with van der Waals surface area (Å²) in [6.07, 6.45) is -0.335. The van der Waals surface area contributed by atoms with Crippen LogP contribution in [0, 0.1) is 13.8 Å². The maximum atomic E-state index is 11.3. The van der Waals surface area contributed by atoms with E-state index >= 15 is 0 Å². The van der Waals surface area contributed by atoms with E-state index in [1.807, 2.05) is 0 Å². The molecule has 2 aromatic heterocycles. The van der Waals surface area contributed by atoms with Crippen LogP contribution in [0.5, 0.6) is 0 Å². The van der Waals surface area contributed by atoms with Gasteiger partial charge in [0, 0.05) is 11.4 Å². The Balaban J connectivity index is 2.41. The fourth-order valence-electron chi connectivity index (χ4n) is 2.28. The van der Waals surface area contributed by atoms with Gasteiger partial charge in [-0.05, 0) is 48.7 Å². The van der Waals surface area contributed by atoms with E-state index in [0.29, 0.717) is 27.2 Å². The molecule has 0 aliphatic carbocycles. The van der Waals surface area contributed by atoms with Crippen molar-refractivity contribution in [1.82, 2.24) is 14.6 Å². The molecule has 0 aliphatic heterocycles. The highest BCUT2D eigenvalue weighted by atomic mass is 79.9. The molecule has 0 radical (unpaired) electrons. The van der Waals surface area contributed by atoms with Gasteiger partial charge in [0.05, 0.1) is 10.2 Å². The molecule has 0 saturated carbocycles. The molecule has 0 amide bonds. The van der Waals surface area contributed by atoms with Crippen molar-refractivity contribution in [3.05, 3.63) is 27.6 Å². The molecule has 9 nitrogen and oxygen atoms in total. The minimum absolute atomic E-state index is 0.0360. The minimum Gasteiger partial charge on any atom is -0.324 e. The summed E-state index contributed by atoms with van der Waals surface area (Å²) in [6, 6.07) is 1.67. The lowest BCUT2D eigenvalue weighted by molar-refractivity contribution is 0.335. The van der Waals surface area contributed by atoms with Gasteiger partial charge in [-0.3, -0.25) is 9.13 Å². The van der Waals surface area contributed by atoms with Crippen LogP contribution in [-0.2, 0) is 15.6 Å². The number of hydrogen-bond acceptors (Lipinski definition) is 4. The lowest BCUT2D eigenvalue weighted by Gasteiger charge is -2.19. The van der Waals surface area contributed by atoms with E-state index in [4.69, 9.17) is 0 Å². The van der Waals surface area contributed by atoms with Gasteiger partial charge in [-0.2, -0.15) is 5.10 Å². The summed E-state index contributed by atoms with van der Waals surface area (Å²) in [5, 5.41) is 2.25. The molecule has 2 rings (SSSR count). The lowest BCUT2D eigenvalue weighted by Crippen LogP contribution is -2.12. The van der Waals surface area contributed by atoms with Crippen molar-refractivity contribution in [2.75, 3.05) is 0 Å². The van der Waals surface area contributed by atoms with Crippen molar-refractivity contribution in [3.8, 4) is 0 Å². The number of fused-ring (bicyclic) bond motifs is 1. The van der Waals surface area contributed by atoms with Crippen LogP contribution >= 0.6 is 31.1 Å². The number of aromatic nitrogens is 3. The summed E-state index contributed by atoms with van der Waals surface area (Å²) in [5.74, 6) is 0. The molecule has 0 atom stereocenters. The van der Waals surface area contributed by atoms with E-state index in [9.17, 15) is 28.7 Å². The molecular formula is C11H16BrN3O6P2. The molecule has 0 spiro atoms. The molecule has 4 N–H and O–H groups in total. The molecule has 0 bridgehead atoms. The molecule has 0 fully saturated rings. The summed E-state index contributed by atoms with van der Waals surface area (Å²) < 4.78 is 24.9. The molecule has 0 aliphatic rings. The zero-order chi connectivity index (χ0) is 17.6. The zero-order valence-corrected chi connectivity index (χ0v) is 15.7. The minimum atomic E-state index is -4.93. The first kappa shape index (κ1) is 18.7. The van der Waals surface area contributed by atoms with Gasteiger partial charge >= 0.3 is 15.2 Å². The highest BCUT2D eigenvalue weighted by Gasteiger charge is 2.42. The number of rotatable bonds is 5. The van der Waals surface area contributed by atoms with Crippen LogP contribution in [0.1, 0.15) is 23.5 Å². The second-order valence-electron chi connectivity index (χ2n) is 5.22. The van der Waals surface area contributed by atoms with Gasteiger partial charge in [-0.25, -0.2) is 9.50 Å². The SMILES string of the molecule is Cc1cc(CCC(P(=O)(O)O)P(=O)(O)O)n2nc(C)c(Br)c2n1. The number of hydrogen-bond donors (Lipinski definition) is 4. The highest BCUT2D eigenvalue weighted by molar-refractivity contribution is 9.10. The van der Waals surface area contributed by atoms with Gasteiger partial charge in [0.2, 0.25) is 0 Å². The van der Waals surface area contributed by atoms with E-state index in [-0.39, 0.29) is 12.8 Å². The van der Waals surface area contributed by atoms with Gasteiger partial charge in [-0.1, -0.05) is 0 Å². The van der Waals surface area contributed by atoms with Crippen molar-refractivity contribution in [1.29, 1.82) is 0 Å². The topological polar surface area (TPSA) is 145 Å². The number of aryl methyl sites for hydroxylation is 3. The second kappa shape index (κ2) is 6.37. The average Bonchev–Trinajstić information content (AvgIpc) is 2.63. The van der Waals surface area contributed by atoms with Crippen LogP contribution in [0.15, 0.2) is 10.5 Å². The van der Waals surface area contributed by atoms with E-state index in [1.54, 1.807) is 19.9 Å². The monoisotopic (exact) mass is 427 g/mol. The molecule has 2 heterocycles. The van der Waals surface area contributed by atoms with Gasteiger partial charge in [0.15, 0.2) is 11.0 Å². The van der Waals surface area contributed by atoms with E-state index in [0.717, 1.165) is 0 Å². The largest absolute Gasteiger partial charge is 0.340 e. The predicted octanol–water partition coefficient (Wildman–Crippen LogP) is 1.72. The Morgan fingerprint density at radius 1 is 1.22 bits per heavy atom. The molecule has 12 heteroatoms. The van der Waals surface area contributed by atoms with Crippen LogP contribution in [0.25, 0.3) is 5.65 Å². The lowest BCUT2D eigenvalue weighted by atomic mass is 10.2. The van der Waals surface area contributed by atoms with Crippen LogP contribution < -0.4 is 0 Å². The molecule has 128 valence electrons. The first-order valence-electron chi connectivity index (χ1n) is 6.53. The maximum absolute atomic E-state index is 11.3. The van der Waals surface area contributed by atoms with Gasteiger partial charge in [-0.15, -0.1) is 0 Å². The number of halogens is 1. The predicted molar refractivity (Wildman–Crippen MR) is 86.4 cm³/mol. The summed E-state index contributed by atoms with van der Waals surface area (Å²) in [5.41, 5.74) is 2.46. The van der Waals surface area contributed by atoms with E-state index < -0.39 is 20.6 Å². The Kier molecular flexibility index (Phi) is 5.19. The third kappa shape index (κ3) is 4.09. The fraction of sp³-hybridized carbons (Fsp3) is 0.455. The quantitative estimate of drug-likeness (QED) is 0.527. The van der Waals surface area contributed by atoms with Crippen LogP contribution in [0.4, 0.5) is 0 Å². The second-order valence-corrected chi connectivity index (χ2v) is 10.0. The standard InChI is InChI=1S/C11H16BrN3O6P2/c1-6-5-8(15-11(13-6)10(12)7(2)14-15)3-4-9(22(16,17)18)23(19,20)21/h5,9H,3-4H2,1-2H3,(H2,16,17,18)(H2,19,20,21). The number of nitrogens with zero attached hydrogens (tertiary/aromatic N) is 3. The summed E-state index contributed by atoms with van der Waals surface area (Å²) in [4.78, 5) is 41.1. The average molecular weight is 428 g/mol. The Hall–Kier alpha value is -0.600. The van der Waals surface area contributed by atoms with Crippen molar-refractivity contribution in [2.24, 2.45) is 0 Å². The molecule has 0 saturated heterocycles. The van der Waals surface area contributed by atoms with Crippen molar-refractivity contribution < 1.29 is 28.7 Å². The Labute approximate surface area is 140 Å². The Morgan fingerprint density at radius 2 is 1.78 bits per heavy atom. The summed E-state index contributed by atoms with van der Waals surface area (Å²) in [7, 11) is -9.86. The zero-order valence-electron chi connectivity index (χ0n) is 12.3. The van der Waals surface area contributed by atoms with Gasteiger partial charge in [0.1, 0.15) is 0 Å². The van der Waals surface area contributed by atoms with E-state index in [1.165, 1.54) is 4.52 Å². The first-order valence-corrected chi connectivity index (χ1v) is 10.7. The normalized spacial score (nSPS) is 13.2. The maximum Gasteiger partial charge on any atom is 0.340 e. The van der Waals surface area contributed by atoms with Crippen LogP contribution in [-0.4, -0.2) is 39.6 Å². The Morgan fingerprint density at radius 3 is 2.30 bits per heavy atom. The third-order valence-electron chi connectivity index (χ3n) is 3.33. The van der Waals surface area contributed by atoms with Gasteiger partial charge < -0.3 is 19.6 Å². The third-order valence-corrected chi connectivity index (χ3v) is 8.13. The molecule has 0 aromatic carbocycles. The highest BCUT2D eigenvalue weighted by Crippen LogP contribution is 2.61. The first-order chi connectivity index (χ1) is 10.4. The molecule has 2 aromatic rings. The summed E-state index contributed by atoms with van der Waals surface area (Å²) in [6.45, 7) is 3.52. The fourth-order valence-corrected chi connectivity index (χ4v) is 5.12. The molecular weight excluding hydrogens is 412 g/mol.